The van der Waals surface area contributed by atoms with Gasteiger partial charge in [0.1, 0.15) is 5.00 Å². The molecule has 0 spiro atoms. The number of primary amides is 1. The van der Waals surface area contributed by atoms with E-state index >= 15 is 0 Å². The minimum absolute atomic E-state index is 0.241. The van der Waals surface area contributed by atoms with Gasteiger partial charge in [-0.05, 0) is 50.3 Å². The van der Waals surface area contributed by atoms with Crippen LogP contribution in [0.3, 0.4) is 0 Å². The lowest BCUT2D eigenvalue weighted by molar-refractivity contribution is 0.100. The zero-order chi connectivity index (χ0) is 20.5. The summed E-state index contributed by atoms with van der Waals surface area (Å²) < 4.78 is 1.48. The average Bonchev–Trinajstić information content (AvgIpc) is 3.07. The van der Waals surface area contributed by atoms with Gasteiger partial charge in [0.05, 0.1) is 11.3 Å². The molecule has 29 heavy (non-hydrogen) atoms. The number of benzene rings is 1. The maximum Gasteiger partial charge on any atom is 0.280 e. The molecular weight excluding hydrogens is 388 g/mol. The summed E-state index contributed by atoms with van der Waals surface area (Å²) in [5, 5.41) is 7.29. The van der Waals surface area contributed by atoms with Gasteiger partial charge in [-0.2, -0.15) is 5.10 Å². The van der Waals surface area contributed by atoms with Crippen molar-refractivity contribution in [3.05, 3.63) is 74.0 Å². The minimum Gasteiger partial charge on any atom is -0.365 e. The molecule has 2 aromatic heterocycles. The second kappa shape index (κ2) is 7.63. The van der Waals surface area contributed by atoms with Crippen molar-refractivity contribution in [3.8, 4) is 5.69 Å². The van der Waals surface area contributed by atoms with E-state index in [4.69, 9.17) is 5.73 Å². The van der Waals surface area contributed by atoms with Crippen molar-refractivity contribution in [2.45, 2.75) is 32.6 Å². The molecular formula is C21H20N4O3S. The van der Waals surface area contributed by atoms with Crippen LogP contribution in [0.2, 0.25) is 0 Å². The van der Waals surface area contributed by atoms with E-state index in [1.807, 2.05) is 31.2 Å². The fourth-order valence-corrected chi connectivity index (χ4v) is 4.77. The van der Waals surface area contributed by atoms with Gasteiger partial charge in [0.2, 0.25) is 5.43 Å². The molecule has 0 fully saturated rings. The molecule has 2 amide bonds. The summed E-state index contributed by atoms with van der Waals surface area (Å²) in [6.07, 6.45) is 5.17. The van der Waals surface area contributed by atoms with Crippen molar-refractivity contribution in [2.75, 3.05) is 5.32 Å². The Labute approximate surface area is 171 Å². The first-order valence-corrected chi connectivity index (χ1v) is 10.2. The Morgan fingerprint density at radius 1 is 1.14 bits per heavy atom. The van der Waals surface area contributed by atoms with Crippen LogP contribution in [0.15, 0.2) is 41.3 Å². The molecule has 8 heteroatoms. The number of carbonyl (C=O) groups excluding carboxylic acids is 2. The number of nitrogens with two attached hydrogens (primary N) is 1. The van der Waals surface area contributed by atoms with E-state index in [-0.39, 0.29) is 5.69 Å². The van der Waals surface area contributed by atoms with Gasteiger partial charge in [-0.3, -0.25) is 14.4 Å². The van der Waals surface area contributed by atoms with E-state index in [1.165, 1.54) is 28.3 Å². The van der Waals surface area contributed by atoms with Crippen LogP contribution in [0, 0.1) is 6.92 Å². The highest BCUT2D eigenvalue weighted by atomic mass is 32.1. The Kier molecular flexibility index (Phi) is 5.02. The number of nitrogens with one attached hydrogen (secondary N) is 1. The summed E-state index contributed by atoms with van der Waals surface area (Å²) in [6.45, 7) is 1.97. The van der Waals surface area contributed by atoms with Crippen LogP contribution in [0.5, 0.6) is 0 Å². The topological polar surface area (TPSA) is 107 Å². The number of rotatable bonds is 4. The molecule has 0 bridgehead atoms. The third-order valence-electron chi connectivity index (χ3n) is 4.97. The first-order valence-electron chi connectivity index (χ1n) is 9.37. The van der Waals surface area contributed by atoms with Gasteiger partial charge in [-0.25, -0.2) is 4.68 Å². The minimum atomic E-state index is -0.655. The van der Waals surface area contributed by atoms with Crippen molar-refractivity contribution >= 4 is 28.2 Å². The normalized spacial score (nSPS) is 13.0. The maximum atomic E-state index is 12.8. The van der Waals surface area contributed by atoms with Crippen molar-refractivity contribution in [2.24, 2.45) is 5.73 Å². The third kappa shape index (κ3) is 3.71. The Bertz CT molecular complexity index is 1160. The quantitative estimate of drug-likeness (QED) is 0.692. The van der Waals surface area contributed by atoms with E-state index in [2.05, 4.69) is 10.4 Å². The first-order chi connectivity index (χ1) is 13.9. The first kappa shape index (κ1) is 19.1. The molecule has 148 valence electrons. The highest BCUT2D eigenvalue weighted by Gasteiger charge is 2.26. The van der Waals surface area contributed by atoms with Gasteiger partial charge < -0.3 is 11.1 Å². The number of hydrogen-bond donors (Lipinski definition) is 2. The largest absolute Gasteiger partial charge is 0.365 e. The summed E-state index contributed by atoms with van der Waals surface area (Å²) in [5.74, 6) is -1.23. The molecule has 3 N–H and O–H groups in total. The highest BCUT2D eigenvalue weighted by Crippen LogP contribution is 2.37. The summed E-state index contributed by atoms with van der Waals surface area (Å²) in [7, 11) is 0. The standard InChI is InChI=1S/C21H20N4O3S/c1-12-6-8-13(9-7-12)25-11-10-15(26)18(24-25)20(28)23-21-17(19(22)27)14-4-2-3-5-16(14)29-21/h6-11H,2-5H2,1H3,(H2,22,27)(H,23,28). The van der Waals surface area contributed by atoms with Gasteiger partial charge in [-0.15, -0.1) is 11.3 Å². The zero-order valence-electron chi connectivity index (χ0n) is 15.9. The lowest BCUT2D eigenvalue weighted by atomic mass is 9.95. The smallest absolute Gasteiger partial charge is 0.280 e. The van der Waals surface area contributed by atoms with Crippen molar-refractivity contribution in [3.63, 3.8) is 0 Å². The van der Waals surface area contributed by atoms with Gasteiger partial charge in [0.25, 0.3) is 11.8 Å². The second-order valence-electron chi connectivity index (χ2n) is 7.04. The number of nitrogens with zero attached hydrogens (tertiary/aromatic N) is 2. The monoisotopic (exact) mass is 408 g/mol. The molecule has 0 saturated carbocycles. The Balaban J connectivity index is 1.68. The third-order valence-corrected chi connectivity index (χ3v) is 6.17. The summed E-state index contributed by atoms with van der Waals surface area (Å²) in [6, 6.07) is 8.85. The van der Waals surface area contributed by atoms with Gasteiger partial charge in [-0.1, -0.05) is 17.7 Å². The number of anilines is 1. The van der Waals surface area contributed by atoms with E-state index < -0.39 is 17.2 Å². The summed E-state index contributed by atoms with van der Waals surface area (Å²) >= 11 is 1.35. The van der Waals surface area contributed by atoms with Crippen molar-refractivity contribution in [1.82, 2.24) is 9.78 Å². The van der Waals surface area contributed by atoms with Crippen LogP contribution in [0.4, 0.5) is 5.00 Å². The number of thiophene rings is 1. The molecule has 1 aliphatic carbocycles. The number of fused-ring (bicyclic) bond motifs is 1. The van der Waals surface area contributed by atoms with Crippen LogP contribution in [0.25, 0.3) is 5.69 Å². The highest BCUT2D eigenvalue weighted by molar-refractivity contribution is 7.17. The number of aromatic nitrogens is 2. The molecule has 1 aromatic carbocycles. The Hall–Kier alpha value is -3.26. The average molecular weight is 408 g/mol. The maximum absolute atomic E-state index is 12.8. The summed E-state index contributed by atoms with van der Waals surface area (Å²) in [4.78, 5) is 38.2. The fraction of sp³-hybridized carbons (Fsp3) is 0.238. The molecule has 2 heterocycles. The number of amides is 2. The van der Waals surface area contributed by atoms with E-state index in [0.29, 0.717) is 10.6 Å². The Morgan fingerprint density at radius 2 is 1.86 bits per heavy atom. The molecule has 7 nitrogen and oxygen atoms in total. The zero-order valence-corrected chi connectivity index (χ0v) is 16.7. The molecule has 0 aliphatic heterocycles. The van der Waals surface area contributed by atoms with Crippen LogP contribution < -0.4 is 16.5 Å². The molecule has 0 saturated heterocycles. The van der Waals surface area contributed by atoms with Gasteiger partial charge in [0.15, 0.2) is 5.69 Å². The van der Waals surface area contributed by atoms with Gasteiger partial charge in [0, 0.05) is 17.1 Å². The fourth-order valence-electron chi connectivity index (χ4n) is 3.48. The second-order valence-corrected chi connectivity index (χ2v) is 8.15. The van der Waals surface area contributed by atoms with Crippen LogP contribution in [0.1, 0.15) is 49.7 Å². The van der Waals surface area contributed by atoms with Gasteiger partial charge >= 0.3 is 0 Å². The van der Waals surface area contributed by atoms with E-state index in [9.17, 15) is 14.4 Å². The lowest BCUT2D eigenvalue weighted by Crippen LogP contribution is -2.26. The number of aryl methyl sites for hydroxylation is 2. The predicted molar refractivity (Wildman–Crippen MR) is 112 cm³/mol. The van der Waals surface area contributed by atoms with E-state index in [0.717, 1.165) is 47.4 Å². The van der Waals surface area contributed by atoms with Crippen molar-refractivity contribution < 1.29 is 9.59 Å². The molecule has 0 radical (unpaired) electrons. The number of carbonyl (C=O) groups is 2. The van der Waals surface area contributed by atoms with Crippen LogP contribution >= 0.6 is 11.3 Å². The van der Waals surface area contributed by atoms with Crippen molar-refractivity contribution in [1.29, 1.82) is 0 Å². The molecule has 3 aromatic rings. The van der Waals surface area contributed by atoms with E-state index in [1.54, 1.807) is 0 Å². The Morgan fingerprint density at radius 3 is 2.59 bits per heavy atom. The lowest BCUT2D eigenvalue weighted by Gasteiger charge is -2.11. The van der Waals surface area contributed by atoms with Crippen LogP contribution in [-0.4, -0.2) is 21.6 Å². The molecule has 0 atom stereocenters. The predicted octanol–water partition coefficient (Wildman–Crippen LogP) is 2.83. The molecule has 4 rings (SSSR count). The SMILES string of the molecule is Cc1ccc(-n2ccc(=O)c(C(=O)Nc3sc4c(c3C(N)=O)CCCC4)n2)cc1. The molecule has 1 aliphatic rings. The summed E-state index contributed by atoms with van der Waals surface area (Å²) in [5.41, 5.74) is 7.94. The number of hydrogen-bond acceptors (Lipinski definition) is 5. The van der Waals surface area contributed by atoms with Crippen LogP contribution in [-0.2, 0) is 12.8 Å². The molecule has 0 unspecified atom stereocenters.